The predicted octanol–water partition coefficient (Wildman–Crippen LogP) is 3.82. The lowest BCUT2D eigenvalue weighted by Crippen LogP contribution is -2.24. The van der Waals surface area contributed by atoms with Crippen LogP contribution in [-0.2, 0) is 11.2 Å². The second-order valence-electron chi connectivity index (χ2n) is 4.84. The van der Waals surface area contributed by atoms with Gasteiger partial charge in [-0.2, -0.15) is 5.10 Å². The molecular formula is C17H15BrF2N2O2. The van der Waals surface area contributed by atoms with Crippen LogP contribution in [0.1, 0.15) is 18.1 Å². The highest BCUT2D eigenvalue weighted by molar-refractivity contribution is 9.10. The van der Waals surface area contributed by atoms with E-state index in [9.17, 15) is 13.6 Å². The summed E-state index contributed by atoms with van der Waals surface area (Å²) < 4.78 is 32.5. The van der Waals surface area contributed by atoms with Crippen LogP contribution in [0.3, 0.4) is 0 Å². The summed E-state index contributed by atoms with van der Waals surface area (Å²) in [5.74, 6) is -1.99. The molecule has 0 bridgehead atoms. The van der Waals surface area contributed by atoms with Crippen LogP contribution in [0.25, 0.3) is 0 Å². The molecule has 0 fully saturated rings. The average molecular weight is 397 g/mol. The molecule has 0 spiro atoms. The van der Waals surface area contributed by atoms with Gasteiger partial charge in [-0.25, -0.2) is 14.2 Å². The molecule has 0 atom stereocenters. The fraction of sp³-hybridized carbons (Fsp3) is 0.176. The van der Waals surface area contributed by atoms with E-state index < -0.39 is 17.5 Å². The van der Waals surface area contributed by atoms with E-state index in [-0.39, 0.29) is 12.2 Å². The summed E-state index contributed by atoms with van der Waals surface area (Å²) in [6, 6.07) is 9.28. The van der Waals surface area contributed by atoms with Crippen molar-refractivity contribution in [2.24, 2.45) is 5.10 Å². The first-order valence-corrected chi connectivity index (χ1v) is 7.97. The number of hydrazone groups is 1. The van der Waals surface area contributed by atoms with Gasteiger partial charge in [0, 0.05) is 5.56 Å². The first-order chi connectivity index (χ1) is 11.5. The fourth-order valence-electron chi connectivity index (χ4n) is 1.85. The van der Waals surface area contributed by atoms with Gasteiger partial charge in [-0.1, -0.05) is 25.1 Å². The Bertz CT molecular complexity index is 766. The molecule has 0 aliphatic rings. The van der Waals surface area contributed by atoms with E-state index in [1.165, 1.54) is 12.1 Å². The van der Waals surface area contributed by atoms with E-state index >= 15 is 0 Å². The molecule has 0 radical (unpaired) electrons. The first kappa shape index (κ1) is 18.1. The van der Waals surface area contributed by atoms with Gasteiger partial charge < -0.3 is 4.74 Å². The predicted molar refractivity (Wildman–Crippen MR) is 91.1 cm³/mol. The van der Waals surface area contributed by atoms with Gasteiger partial charge >= 0.3 is 0 Å². The Labute approximate surface area is 146 Å². The maximum Gasteiger partial charge on any atom is 0.277 e. The van der Waals surface area contributed by atoms with E-state index in [1.807, 2.05) is 19.1 Å². The third-order valence-electron chi connectivity index (χ3n) is 3.14. The van der Waals surface area contributed by atoms with Crippen molar-refractivity contribution in [2.45, 2.75) is 13.3 Å². The molecule has 1 amide bonds. The molecule has 0 aliphatic carbocycles. The normalized spacial score (nSPS) is 10.8. The van der Waals surface area contributed by atoms with E-state index in [2.05, 4.69) is 26.5 Å². The van der Waals surface area contributed by atoms with Crippen molar-refractivity contribution < 1.29 is 18.3 Å². The second kappa shape index (κ2) is 8.54. The molecule has 0 aromatic heterocycles. The molecule has 2 aromatic rings. The van der Waals surface area contributed by atoms with E-state index in [1.54, 1.807) is 6.07 Å². The highest BCUT2D eigenvalue weighted by Crippen LogP contribution is 2.26. The van der Waals surface area contributed by atoms with Gasteiger partial charge in [-0.05, 0) is 46.1 Å². The first-order valence-electron chi connectivity index (χ1n) is 7.18. The highest BCUT2D eigenvalue weighted by Gasteiger charge is 2.07. The van der Waals surface area contributed by atoms with Gasteiger partial charge in [0.25, 0.3) is 5.91 Å². The van der Waals surface area contributed by atoms with Gasteiger partial charge in [-0.15, -0.1) is 0 Å². The number of hydrogen-bond donors (Lipinski definition) is 1. The Hall–Kier alpha value is -2.28. The number of rotatable bonds is 6. The van der Waals surface area contributed by atoms with Gasteiger partial charge in [0.15, 0.2) is 18.2 Å². The number of halogens is 3. The van der Waals surface area contributed by atoms with Crippen LogP contribution in [0.4, 0.5) is 8.78 Å². The molecule has 4 nitrogen and oxygen atoms in total. The van der Waals surface area contributed by atoms with Crippen LogP contribution in [0.15, 0.2) is 46.0 Å². The number of carbonyl (C=O) groups excluding carboxylic acids is 1. The summed E-state index contributed by atoms with van der Waals surface area (Å²) in [6.45, 7) is 1.78. The smallest absolute Gasteiger partial charge is 0.277 e. The fourth-order valence-corrected chi connectivity index (χ4v) is 2.39. The third-order valence-corrected chi connectivity index (χ3v) is 3.76. The van der Waals surface area contributed by atoms with Gasteiger partial charge in [0.1, 0.15) is 5.75 Å². The topological polar surface area (TPSA) is 50.7 Å². The number of nitrogens with one attached hydrogen (secondary N) is 1. The van der Waals surface area contributed by atoms with E-state index in [4.69, 9.17) is 4.74 Å². The lowest BCUT2D eigenvalue weighted by molar-refractivity contribution is -0.123. The summed E-state index contributed by atoms with van der Waals surface area (Å²) in [5.41, 5.74) is 3.27. The molecule has 126 valence electrons. The van der Waals surface area contributed by atoms with Crippen molar-refractivity contribution in [1.82, 2.24) is 5.43 Å². The maximum absolute atomic E-state index is 13.4. The average Bonchev–Trinajstić information content (AvgIpc) is 2.57. The number of nitrogens with zero attached hydrogens (tertiary/aromatic N) is 1. The van der Waals surface area contributed by atoms with Crippen LogP contribution in [0.2, 0.25) is 0 Å². The number of amides is 1. The molecule has 24 heavy (non-hydrogen) atoms. The van der Waals surface area contributed by atoms with Crippen LogP contribution in [0.5, 0.6) is 5.75 Å². The number of hydrogen-bond acceptors (Lipinski definition) is 3. The van der Waals surface area contributed by atoms with Crippen molar-refractivity contribution in [3.63, 3.8) is 0 Å². The molecule has 0 heterocycles. The number of aryl methyl sites for hydroxylation is 1. The van der Waals surface area contributed by atoms with Gasteiger partial charge in [0.05, 0.1) is 10.7 Å². The van der Waals surface area contributed by atoms with Crippen molar-refractivity contribution in [1.29, 1.82) is 0 Å². The molecule has 2 aromatic carbocycles. The van der Waals surface area contributed by atoms with Crippen molar-refractivity contribution in [3.05, 3.63) is 63.6 Å². The molecule has 0 unspecified atom stereocenters. The minimum atomic E-state index is -1.02. The minimum absolute atomic E-state index is 0.0610. The standard InChI is InChI=1S/C17H15BrF2N2O2/c1-2-11-6-7-15(13(18)8-11)24-10-16(23)22-21-9-12-4-3-5-14(19)17(12)20/h3-9H,2,10H2,1H3,(H,22,23)/b21-9+. The minimum Gasteiger partial charge on any atom is -0.483 e. The maximum atomic E-state index is 13.4. The van der Waals surface area contributed by atoms with Crippen LogP contribution in [-0.4, -0.2) is 18.7 Å². The van der Waals surface area contributed by atoms with E-state index in [0.29, 0.717) is 5.75 Å². The molecule has 0 aliphatic heterocycles. The number of carbonyl (C=O) groups is 1. The van der Waals surface area contributed by atoms with Crippen LogP contribution in [0, 0.1) is 11.6 Å². The molecule has 0 saturated heterocycles. The molecule has 0 saturated carbocycles. The zero-order chi connectivity index (χ0) is 17.5. The second-order valence-corrected chi connectivity index (χ2v) is 5.70. The molecular weight excluding hydrogens is 382 g/mol. The zero-order valence-corrected chi connectivity index (χ0v) is 14.4. The summed E-state index contributed by atoms with van der Waals surface area (Å²) in [5, 5.41) is 3.58. The third kappa shape index (κ3) is 4.86. The summed E-state index contributed by atoms with van der Waals surface area (Å²) >= 11 is 3.37. The monoisotopic (exact) mass is 396 g/mol. The zero-order valence-electron chi connectivity index (χ0n) is 12.9. The quantitative estimate of drug-likeness (QED) is 0.595. The van der Waals surface area contributed by atoms with Crippen LogP contribution >= 0.6 is 15.9 Å². The summed E-state index contributed by atoms with van der Waals surface area (Å²) in [6.07, 6.45) is 1.92. The van der Waals surface area contributed by atoms with Crippen molar-refractivity contribution >= 4 is 28.1 Å². The number of ether oxygens (including phenoxy) is 1. The Morgan fingerprint density at radius 2 is 2.12 bits per heavy atom. The highest BCUT2D eigenvalue weighted by atomic mass is 79.9. The van der Waals surface area contributed by atoms with Crippen LogP contribution < -0.4 is 10.2 Å². The number of benzene rings is 2. The molecule has 1 N–H and O–H groups in total. The van der Waals surface area contributed by atoms with Gasteiger partial charge in [-0.3, -0.25) is 4.79 Å². The summed E-state index contributed by atoms with van der Waals surface area (Å²) in [7, 11) is 0. The molecule has 7 heteroatoms. The lowest BCUT2D eigenvalue weighted by Gasteiger charge is -2.08. The van der Waals surface area contributed by atoms with Crippen molar-refractivity contribution in [3.8, 4) is 5.75 Å². The Morgan fingerprint density at radius 1 is 1.33 bits per heavy atom. The lowest BCUT2D eigenvalue weighted by atomic mass is 10.2. The Morgan fingerprint density at radius 3 is 2.83 bits per heavy atom. The largest absolute Gasteiger partial charge is 0.483 e. The SMILES string of the molecule is CCc1ccc(OCC(=O)N/N=C/c2cccc(F)c2F)c(Br)c1. The molecule has 2 rings (SSSR count). The Kier molecular flexibility index (Phi) is 6.43. The van der Waals surface area contributed by atoms with Crippen molar-refractivity contribution in [2.75, 3.05) is 6.61 Å². The summed E-state index contributed by atoms with van der Waals surface area (Å²) in [4.78, 5) is 11.7. The Balaban J connectivity index is 1.87. The van der Waals surface area contributed by atoms with E-state index in [0.717, 1.165) is 28.7 Å². The van der Waals surface area contributed by atoms with Gasteiger partial charge in [0.2, 0.25) is 0 Å².